The molecule has 2 heterocycles. The zero-order chi connectivity index (χ0) is 21.2. The number of methoxy groups -OCH3 is 2. The third-order valence-electron chi connectivity index (χ3n) is 8.44. The van der Waals surface area contributed by atoms with Gasteiger partial charge >= 0.3 is 0 Å². The highest BCUT2D eigenvalue weighted by Gasteiger charge is 2.56. The number of carbonyl (C=O) groups is 1. The van der Waals surface area contributed by atoms with E-state index in [0.717, 1.165) is 61.5 Å². The van der Waals surface area contributed by atoms with Gasteiger partial charge in [0.25, 0.3) is 0 Å². The molecule has 5 aliphatic rings. The number of carbonyl (C=O) groups excluding carboxylic acids is 1. The van der Waals surface area contributed by atoms with Crippen LogP contribution in [0, 0.1) is 23.2 Å². The summed E-state index contributed by atoms with van der Waals surface area (Å²) in [5.74, 6) is 4.26. The van der Waals surface area contributed by atoms with Gasteiger partial charge in [0, 0.05) is 11.4 Å². The Morgan fingerprint density at radius 3 is 2.26 bits per heavy atom. The van der Waals surface area contributed by atoms with Crippen molar-refractivity contribution in [3.05, 3.63) is 45.6 Å². The number of amides is 1. The van der Waals surface area contributed by atoms with Gasteiger partial charge in [0.05, 0.1) is 25.7 Å². The van der Waals surface area contributed by atoms with E-state index in [2.05, 4.69) is 34.5 Å². The van der Waals surface area contributed by atoms with Crippen molar-refractivity contribution in [3.8, 4) is 11.5 Å². The summed E-state index contributed by atoms with van der Waals surface area (Å²) in [6.45, 7) is 0.783. The predicted molar refractivity (Wildman–Crippen MR) is 122 cm³/mol. The minimum Gasteiger partial charge on any atom is -0.493 e. The highest BCUT2D eigenvalue weighted by molar-refractivity contribution is 7.10. The topological polar surface area (TPSA) is 38.8 Å². The molecular formula is C26H31NO3S. The second-order valence-corrected chi connectivity index (χ2v) is 11.2. The molecule has 4 bridgehead atoms. The molecule has 1 aliphatic heterocycles. The summed E-state index contributed by atoms with van der Waals surface area (Å²) in [5.41, 5.74) is 2.35. The molecule has 4 saturated carbocycles. The van der Waals surface area contributed by atoms with E-state index in [4.69, 9.17) is 9.47 Å². The van der Waals surface area contributed by atoms with Crippen LogP contribution in [0.4, 0.5) is 0 Å². The Labute approximate surface area is 188 Å². The van der Waals surface area contributed by atoms with Crippen molar-refractivity contribution in [2.45, 2.75) is 51.0 Å². The van der Waals surface area contributed by atoms with Crippen molar-refractivity contribution in [3.63, 3.8) is 0 Å². The van der Waals surface area contributed by atoms with Crippen LogP contribution in [-0.2, 0) is 11.2 Å². The Morgan fingerprint density at radius 1 is 1.03 bits per heavy atom. The predicted octanol–water partition coefficient (Wildman–Crippen LogP) is 5.46. The van der Waals surface area contributed by atoms with Crippen LogP contribution in [0.25, 0.3) is 0 Å². The van der Waals surface area contributed by atoms with E-state index in [1.807, 2.05) is 0 Å². The van der Waals surface area contributed by atoms with Crippen LogP contribution in [0.1, 0.15) is 60.6 Å². The molecule has 1 aromatic carbocycles. The lowest BCUT2D eigenvalue weighted by Crippen LogP contribution is -2.56. The van der Waals surface area contributed by atoms with E-state index in [9.17, 15) is 4.79 Å². The number of fused-ring (bicyclic) bond motifs is 1. The maximum absolute atomic E-state index is 14.3. The molecule has 1 atom stereocenters. The van der Waals surface area contributed by atoms with Gasteiger partial charge in [-0.25, -0.2) is 0 Å². The van der Waals surface area contributed by atoms with E-state index in [1.165, 1.54) is 35.3 Å². The average molecular weight is 438 g/mol. The van der Waals surface area contributed by atoms with Crippen LogP contribution in [0.5, 0.6) is 11.5 Å². The normalized spacial score (nSPS) is 33.3. The Bertz CT molecular complexity index is 963. The van der Waals surface area contributed by atoms with Crippen LogP contribution >= 0.6 is 11.3 Å². The molecule has 4 aliphatic carbocycles. The molecule has 4 fully saturated rings. The molecule has 164 valence electrons. The molecule has 1 aromatic heterocycles. The summed E-state index contributed by atoms with van der Waals surface area (Å²) in [4.78, 5) is 17.8. The first-order valence-corrected chi connectivity index (χ1v) is 12.6. The molecule has 1 unspecified atom stereocenters. The van der Waals surface area contributed by atoms with E-state index in [0.29, 0.717) is 5.91 Å². The Hall–Kier alpha value is -2.01. The second-order valence-electron chi connectivity index (χ2n) is 10.3. The van der Waals surface area contributed by atoms with Crippen molar-refractivity contribution >= 4 is 17.2 Å². The van der Waals surface area contributed by atoms with Crippen molar-refractivity contribution < 1.29 is 14.3 Å². The monoisotopic (exact) mass is 437 g/mol. The largest absolute Gasteiger partial charge is 0.493 e. The molecule has 0 saturated heterocycles. The van der Waals surface area contributed by atoms with Gasteiger partial charge in [-0.3, -0.25) is 4.79 Å². The Morgan fingerprint density at radius 2 is 1.68 bits per heavy atom. The smallest absolute Gasteiger partial charge is 0.229 e. The van der Waals surface area contributed by atoms with Crippen molar-refractivity contribution in [2.75, 3.05) is 20.8 Å². The Balaban J connectivity index is 1.42. The summed E-state index contributed by atoms with van der Waals surface area (Å²) < 4.78 is 11.2. The molecule has 1 amide bonds. The lowest BCUT2D eigenvalue weighted by molar-refractivity contribution is -0.159. The summed E-state index contributed by atoms with van der Waals surface area (Å²) >= 11 is 1.75. The van der Waals surface area contributed by atoms with E-state index in [-0.39, 0.29) is 11.5 Å². The maximum atomic E-state index is 14.3. The third-order valence-corrected chi connectivity index (χ3v) is 9.36. The number of thiophene rings is 1. The van der Waals surface area contributed by atoms with Gasteiger partial charge in [0.2, 0.25) is 5.91 Å². The van der Waals surface area contributed by atoms with E-state index in [1.54, 1.807) is 25.6 Å². The fourth-order valence-electron chi connectivity index (χ4n) is 7.60. The maximum Gasteiger partial charge on any atom is 0.229 e. The standard InChI is InChI=1S/C26H31NO3S/c1-29-21-11-19-5-6-27(24(23-4-3-7-31-23)20(19)12-22(21)30-2)25(28)26-13-16-8-17(14-26)10-18(9-16)15-26/h3-4,7,11-12,16-18,24H,5-6,8-10,13-15H2,1-2H3. The summed E-state index contributed by atoms with van der Waals surface area (Å²) in [6.07, 6.45) is 8.30. The number of ether oxygens (including phenoxy) is 2. The van der Waals surface area contributed by atoms with Gasteiger partial charge < -0.3 is 14.4 Å². The van der Waals surface area contributed by atoms with Gasteiger partial charge in [-0.2, -0.15) is 0 Å². The van der Waals surface area contributed by atoms with Crippen molar-refractivity contribution in [1.29, 1.82) is 0 Å². The first-order valence-electron chi connectivity index (χ1n) is 11.7. The number of hydrogen-bond acceptors (Lipinski definition) is 4. The molecule has 0 spiro atoms. The zero-order valence-corrected chi connectivity index (χ0v) is 19.2. The van der Waals surface area contributed by atoms with Gasteiger partial charge in [-0.05, 0) is 97.4 Å². The minimum atomic E-state index is -0.113. The highest BCUT2D eigenvalue weighted by Crippen LogP contribution is 2.61. The summed E-state index contributed by atoms with van der Waals surface area (Å²) in [7, 11) is 3.37. The van der Waals surface area contributed by atoms with Crippen LogP contribution in [0.3, 0.4) is 0 Å². The average Bonchev–Trinajstić information content (AvgIpc) is 3.30. The third kappa shape index (κ3) is 3.03. The first-order chi connectivity index (χ1) is 15.1. The quantitative estimate of drug-likeness (QED) is 0.638. The second kappa shape index (κ2) is 7.26. The molecule has 7 rings (SSSR count). The SMILES string of the molecule is COc1cc2c(cc1OC)C(c1cccs1)N(C(=O)C13CC4CC(CC(C4)C1)C3)CC2. The molecule has 5 heteroatoms. The molecule has 31 heavy (non-hydrogen) atoms. The zero-order valence-electron chi connectivity index (χ0n) is 18.4. The molecular weight excluding hydrogens is 406 g/mol. The molecule has 4 nitrogen and oxygen atoms in total. The number of benzene rings is 1. The van der Waals surface area contributed by atoms with Crippen LogP contribution in [-0.4, -0.2) is 31.6 Å². The first kappa shape index (κ1) is 19.7. The van der Waals surface area contributed by atoms with Crippen LogP contribution < -0.4 is 9.47 Å². The fraction of sp³-hybridized carbons (Fsp3) is 0.577. The van der Waals surface area contributed by atoms with Crippen LogP contribution in [0.15, 0.2) is 29.6 Å². The molecule has 0 N–H and O–H groups in total. The highest BCUT2D eigenvalue weighted by atomic mass is 32.1. The van der Waals surface area contributed by atoms with E-state index < -0.39 is 0 Å². The minimum absolute atomic E-state index is 0.0240. The van der Waals surface area contributed by atoms with Gasteiger partial charge in [0.15, 0.2) is 11.5 Å². The summed E-state index contributed by atoms with van der Waals surface area (Å²) in [5, 5.41) is 2.12. The van der Waals surface area contributed by atoms with Gasteiger partial charge in [-0.1, -0.05) is 6.07 Å². The summed E-state index contributed by atoms with van der Waals surface area (Å²) in [6, 6.07) is 8.48. The van der Waals surface area contributed by atoms with Gasteiger partial charge in [0.1, 0.15) is 0 Å². The van der Waals surface area contributed by atoms with Crippen LogP contribution in [0.2, 0.25) is 0 Å². The Kier molecular flexibility index (Phi) is 4.60. The number of rotatable bonds is 4. The lowest BCUT2D eigenvalue weighted by Gasteiger charge is -2.57. The number of hydrogen-bond donors (Lipinski definition) is 0. The van der Waals surface area contributed by atoms with E-state index >= 15 is 0 Å². The molecule has 0 radical (unpaired) electrons. The number of nitrogens with zero attached hydrogens (tertiary/aromatic N) is 1. The van der Waals surface area contributed by atoms with Crippen molar-refractivity contribution in [1.82, 2.24) is 4.90 Å². The lowest BCUT2D eigenvalue weighted by atomic mass is 9.49. The fourth-order valence-corrected chi connectivity index (χ4v) is 8.45. The molecule has 2 aromatic rings. The van der Waals surface area contributed by atoms with Crippen molar-refractivity contribution in [2.24, 2.45) is 23.2 Å². The van der Waals surface area contributed by atoms with Gasteiger partial charge in [-0.15, -0.1) is 11.3 Å².